The van der Waals surface area contributed by atoms with E-state index in [2.05, 4.69) is 10.2 Å². The van der Waals surface area contributed by atoms with Crippen molar-refractivity contribution in [2.75, 3.05) is 0 Å². The smallest absolute Gasteiger partial charge is 0.358 e. The van der Waals surface area contributed by atoms with Crippen molar-refractivity contribution < 1.29 is 19.0 Å². The van der Waals surface area contributed by atoms with Crippen LogP contribution in [0.3, 0.4) is 0 Å². The second kappa shape index (κ2) is 6.49. The summed E-state index contributed by atoms with van der Waals surface area (Å²) < 4.78 is 19.7. The van der Waals surface area contributed by atoms with E-state index >= 15 is 0 Å². The molecule has 6 nitrogen and oxygen atoms in total. The van der Waals surface area contributed by atoms with Gasteiger partial charge >= 0.3 is 5.97 Å². The molecule has 122 valence electrons. The molecule has 0 atom stereocenters. The van der Waals surface area contributed by atoms with Crippen molar-refractivity contribution in [1.82, 2.24) is 15.0 Å². The monoisotopic (exact) mass is 327 g/mol. The SMILES string of the molecule is Cc1nn(-c2ccc(OCc3ccccc3)c(F)c2)nc1C(=O)O. The summed E-state index contributed by atoms with van der Waals surface area (Å²) in [7, 11) is 0. The summed E-state index contributed by atoms with van der Waals surface area (Å²) in [5.41, 5.74) is 1.33. The van der Waals surface area contributed by atoms with Gasteiger partial charge in [-0.05, 0) is 24.6 Å². The Kier molecular flexibility index (Phi) is 4.24. The molecule has 1 aromatic heterocycles. The summed E-state index contributed by atoms with van der Waals surface area (Å²) in [6.45, 7) is 1.78. The van der Waals surface area contributed by atoms with E-state index in [1.807, 2.05) is 30.3 Å². The summed E-state index contributed by atoms with van der Waals surface area (Å²) in [6, 6.07) is 13.6. The Hall–Kier alpha value is -3.22. The first-order valence-corrected chi connectivity index (χ1v) is 7.18. The summed E-state index contributed by atoms with van der Waals surface area (Å²) >= 11 is 0. The van der Waals surface area contributed by atoms with Gasteiger partial charge in [-0.1, -0.05) is 30.3 Å². The third-order valence-electron chi connectivity index (χ3n) is 3.37. The molecule has 0 unspecified atom stereocenters. The van der Waals surface area contributed by atoms with Gasteiger partial charge in [0.2, 0.25) is 0 Å². The van der Waals surface area contributed by atoms with E-state index in [9.17, 15) is 9.18 Å². The predicted molar refractivity (Wildman–Crippen MR) is 83.8 cm³/mol. The van der Waals surface area contributed by atoms with Crippen LogP contribution in [-0.2, 0) is 6.61 Å². The van der Waals surface area contributed by atoms with Gasteiger partial charge in [-0.2, -0.15) is 9.90 Å². The van der Waals surface area contributed by atoms with Crippen LogP contribution >= 0.6 is 0 Å². The molecule has 24 heavy (non-hydrogen) atoms. The molecule has 0 aliphatic carbocycles. The molecule has 0 aliphatic heterocycles. The van der Waals surface area contributed by atoms with Crippen LogP contribution in [0.5, 0.6) is 5.75 Å². The second-order valence-corrected chi connectivity index (χ2v) is 5.12. The highest BCUT2D eigenvalue weighted by Gasteiger charge is 2.16. The van der Waals surface area contributed by atoms with Crippen LogP contribution < -0.4 is 4.74 Å². The lowest BCUT2D eigenvalue weighted by Crippen LogP contribution is -2.03. The maximum atomic E-state index is 14.2. The molecule has 0 aliphatic rings. The Balaban J connectivity index is 1.79. The summed E-state index contributed by atoms with van der Waals surface area (Å²) in [5.74, 6) is -1.65. The number of aromatic carboxylic acids is 1. The van der Waals surface area contributed by atoms with E-state index in [1.54, 1.807) is 6.07 Å². The summed E-state index contributed by atoms with van der Waals surface area (Å²) in [5, 5.41) is 16.8. The van der Waals surface area contributed by atoms with Crippen LogP contribution in [0.25, 0.3) is 5.69 Å². The molecule has 0 amide bonds. The molecule has 0 fully saturated rings. The number of aromatic nitrogens is 3. The number of carboxylic acid groups (broad SMARTS) is 1. The van der Waals surface area contributed by atoms with E-state index in [1.165, 1.54) is 19.1 Å². The van der Waals surface area contributed by atoms with Crippen molar-refractivity contribution in [1.29, 1.82) is 0 Å². The quantitative estimate of drug-likeness (QED) is 0.779. The van der Waals surface area contributed by atoms with Gasteiger partial charge in [0.25, 0.3) is 0 Å². The maximum absolute atomic E-state index is 14.2. The number of hydrogen-bond donors (Lipinski definition) is 1. The van der Waals surface area contributed by atoms with Gasteiger partial charge in [0.1, 0.15) is 6.61 Å². The zero-order valence-electron chi connectivity index (χ0n) is 12.8. The van der Waals surface area contributed by atoms with E-state index < -0.39 is 11.8 Å². The predicted octanol–water partition coefficient (Wildman–Crippen LogP) is 2.99. The first-order valence-electron chi connectivity index (χ1n) is 7.18. The van der Waals surface area contributed by atoms with Crippen molar-refractivity contribution >= 4 is 5.97 Å². The Morgan fingerprint density at radius 3 is 2.58 bits per heavy atom. The van der Waals surface area contributed by atoms with Gasteiger partial charge in [-0.3, -0.25) is 0 Å². The van der Waals surface area contributed by atoms with Crippen LogP contribution in [0.2, 0.25) is 0 Å². The molecule has 7 heteroatoms. The molecule has 1 N–H and O–H groups in total. The highest BCUT2D eigenvalue weighted by Crippen LogP contribution is 2.21. The van der Waals surface area contributed by atoms with E-state index in [0.717, 1.165) is 10.4 Å². The number of rotatable bonds is 5. The minimum atomic E-state index is -1.18. The molecule has 0 spiro atoms. The standard InChI is InChI=1S/C17H14FN3O3/c1-11-16(17(22)23)20-21(19-11)13-7-8-15(14(18)9-13)24-10-12-5-3-2-4-6-12/h2-9H,10H2,1H3,(H,22,23). The highest BCUT2D eigenvalue weighted by molar-refractivity contribution is 5.86. The van der Waals surface area contributed by atoms with Gasteiger partial charge in [0, 0.05) is 6.07 Å². The number of aryl methyl sites for hydroxylation is 1. The Morgan fingerprint density at radius 1 is 1.21 bits per heavy atom. The number of halogens is 1. The van der Waals surface area contributed by atoms with Crippen LogP contribution in [0.4, 0.5) is 4.39 Å². The third kappa shape index (κ3) is 3.24. The Bertz CT molecular complexity index is 878. The van der Waals surface area contributed by atoms with Crippen molar-refractivity contribution in [2.45, 2.75) is 13.5 Å². The van der Waals surface area contributed by atoms with Crippen LogP contribution in [0.15, 0.2) is 48.5 Å². The molecule has 0 bridgehead atoms. The van der Waals surface area contributed by atoms with Crippen LogP contribution in [0, 0.1) is 12.7 Å². The first-order chi connectivity index (χ1) is 11.5. The minimum absolute atomic E-state index is 0.102. The van der Waals surface area contributed by atoms with E-state index in [4.69, 9.17) is 9.84 Å². The maximum Gasteiger partial charge on any atom is 0.358 e. The minimum Gasteiger partial charge on any atom is -0.486 e. The lowest BCUT2D eigenvalue weighted by Gasteiger charge is -2.08. The second-order valence-electron chi connectivity index (χ2n) is 5.12. The molecule has 0 radical (unpaired) electrons. The summed E-state index contributed by atoms with van der Waals surface area (Å²) in [4.78, 5) is 12.1. The zero-order chi connectivity index (χ0) is 17.1. The molecular formula is C17H14FN3O3. The number of carbonyl (C=O) groups is 1. The van der Waals surface area contributed by atoms with Crippen LogP contribution in [0.1, 0.15) is 21.7 Å². The fraction of sp³-hybridized carbons (Fsp3) is 0.118. The molecule has 3 aromatic rings. The van der Waals surface area contributed by atoms with Gasteiger partial charge in [-0.25, -0.2) is 9.18 Å². The van der Waals surface area contributed by atoms with Crippen LogP contribution in [-0.4, -0.2) is 26.1 Å². The molecule has 0 saturated heterocycles. The largest absolute Gasteiger partial charge is 0.486 e. The lowest BCUT2D eigenvalue weighted by molar-refractivity contribution is 0.0689. The molecule has 3 rings (SSSR count). The fourth-order valence-corrected chi connectivity index (χ4v) is 2.16. The average Bonchev–Trinajstić information content (AvgIpc) is 2.97. The Labute approximate surface area is 137 Å². The third-order valence-corrected chi connectivity index (χ3v) is 3.37. The topological polar surface area (TPSA) is 77.2 Å². The average molecular weight is 327 g/mol. The highest BCUT2D eigenvalue weighted by atomic mass is 19.1. The molecule has 0 saturated carbocycles. The van der Waals surface area contributed by atoms with Crippen molar-refractivity contribution in [3.8, 4) is 11.4 Å². The normalized spacial score (nSPS) is 10.6. The van der Waals surface area contributed by atoms with Gasteiger partial charge in [0.05, 0.1) is 11.4 Å². The van der Waals surface area contributed by atoms with Crippen molar-refractivity contribution in [3.63, 3.8) is 0 Å². The zero-order valence-corrected chi connectivity index (χ0v) is 12.8. The van der Waals surface area contributed by atoms with Gasteiger partial charge < -0.3 is 9.84 Å². The van der Waals surface area contributed by atoms with E-state index in [0.29, 0.717) is 5.69 Å². The van der Waals surface area contributed by atoms with Crippen molar-refractivity contribution in [3.05, 3.63) is 71.3 Å². The number of carboxylic acids is 1. The van der Waals surface area contributed by atoms with E-state index in [-0.39, 0.29) is 23.7 Å². The summed E-state index contributed by atoms with van der Waals surface area (Å²) in [6.07, 6.45) is 0. The van der Waals surface area contributed by atoms with Gasteiger partial charge in [-0.15, -0.1) is 5.10 Å². The fourth-order valence-electron chi connectivity index (χ4n) is 2.16. The number of hydrogen-bond acceptors (Lipinski definition) is 4. The molecule has 1 heterocycles. The van der Waals surface area contributed by atoms with Crippen molar-refractivity contribution in [2.24, 2.45) is 0 Å². The first kappa shape index (κ1) is 15.7. The van der Waals surface area contributed by atoms with Gasteiger partial charge in [0.15, 0.2) is 17.3 Å². The number of nitrogens with zero attached hydrogens (tertiary/aromatic N) is 3. The number of benzene rings is 2. The lowest BCUT2D eigenvalue weighted by atomic mass is 10.2. The molecule has 2 aromatic carbocycles. The molecular weight excluding hydrogens is 313 g/mol. The Morgan fingerprint density at radius 2 is 1.96 bits per heavy atom. The number of ether oxygens (including phenoxy) is 1.